The number of hydrogen-bond acceptors (Lipinski definition) is 0. The van der Waals surface area contributed by atoms with E-state index >= 15 is 0 Å². The van der Waals surface area contributed by atoms with Crippen LogP contribution in [0, 0.1) is 0 Å². The third kappa shape index (κ3) is 1.82. The second-order valence-corrected chi connectivity index (χ2v) is 3.86. The molecule has 0 spiro atoms. The van der Waals surface area contributed by atoms with Gasteiger partial charge < -0.3 is 0 Å². The highest BCUT2D eigenvalue weighted by Crippen LogP contribution is 2.29. The van der Waals surface area contributed by atoms with Gasteiger partial charge in [0.2, 0.25) is 0 Å². The Balaban J connectivity index is 2.75. The van der Waals surface area contributed by atoms with Crippen molar-refractivity contribution in [2.24, 2.45) is 0 Å². The van der Waals surface area contributed by atoms with Gasteiger partial charge in [-0.25, -0.2) is 0 Å². The van der Waals surface area contributed by atoms with Crippen molar-refractivity contribution in [3.05, 3.63) is 35.9 Å². The van der Waals surface area contributed by atoms with Crippen LogP contribution in [0.4, 0.5) is 0 Å². The van der Waals surface area contributed by atoms with E-state index in [9.17, 15) is 0 Å². The molecular formula is C9H13P. The summed E-state index contributed by atoms with van der Waals surface area (Å²) < 4.78 is 0. The van der Waals surface area contributed by atoms with E-state index in [1.54, 1.807) is 0 Å². The molecule has 1 aromatic rings. The van der Waals surface area contributed by atoms with Crippen LogP contribution in [-0.4, -0.2) is 6.66 Å². The monoisotopic (exact) mass is 152 g/mol. The third-order valence-electron chi connectivity index (χ3n) is 1.73. The molecule has 1 rings (SSSR count). The van der Waals surface area contributed by atoms with Crippen molar-refractivity contribution in [3.63, 3.8) is 0 Å². The SMILES string of the molecule is CPC(C)c1ccccc1. The standard InChI is InChI=1S/C9H13P/c1-8(10-2)9-6-4-3-5-7-9/h3-8,10H,1-2H3. The first-order valence-corrected chi connectivity index (χ1v) is 5.14. The lowest BCUT2D eigenvalue weighted by atomic mass is 10.2. The lowest BCUT2D eigenvalue weighted by Gasteiger charge is -2.06. The molecule has 2 unspecified atom stereocenters. The zero-order chi connectivity index (χ0) is 7.40. The van der Waals surface area contributed by atoms with Crippen molar-refractivity contribution < 1.29 is 0 Å². The molecular weight excluding hydrogens is 139 g/mol. The van der Waals surface area contributed by atoms with Crippen LogP contribution in [0.15, 0.2) is 30.3 Å². The topological polar surface area (TPSA) is 0 Å². The highest BCUT2D eigenvalue weighted by Gasteiger charge is 1.98. The molecule has 2 atom stereocenters. The molecule has 10 heavy (non-hydrogen) atoms. The Bertz CT molecular complexity index is 181. The van der Waals surface area contributed by atoms with Crippen LogP contribution in [0.2, 0.25) is 0 Å². The molecule has 0 N–H and O–H groups in total. The van der Waals surface area contributed by atoms with Gasteiger partial charge in [0.05, 0.1) is 0 Å². The largest absolute Gasteiger partial charge is 0.118 e. The van der Waals surface area contributed by atoms with Crippen molar-refractivity contribution in [2.45, 2.75) is 12.6 Å². The number of hydrogen-bond donors (Lipinski definition) is 0. The molecule has 0 amide bonds. The van der Waals surface area contributed by atoms with E-state index in [4.69, 9.17) is 0 Å². The molecule has 0 aliphatic carbocycles. The van der Waals surface area contributed by atoms with E-state index in [-0.39, 0.29) is 0 Å². The zero-order valence-corrected chi connectivity index (χ0v) is 7.46. The molecule has 0 fully saturated rings. The Morgan fingerprint density at radius 3 is 2.30 bits per heavy atom. The minimum absolute atomic E-state index is 0.737. The fourth-order valence-electron chi connectivity index (χ4n) is 0.908. The van der Waals surface area contributed by atoms with Crippen LogP contribution in [-0.2, 0) is 0 Å². The van der Waals surface area contributed by atoms with Crippen molar-refractivity contribution in [1.29, 1.82) is 0 Å². The van der Waals surface area contributed by atoms with Gasteiger partial charge in [0.15, 0.2) is 0 Å². The van der Waals surface area contributed by atoms with Crippen molar-refractivity contribution in [2.75, 3.05) is 6.66 Å². The molecule has 1 heteroatoms. The van der Waals surface area contributed by atoms with Gasteiger partial charge in [0.1, 0.15) is 0 Å². The number of rotatable bonds is 2. The molecule has 54 valence electrons. The van der Waals surface area contributed by atoms with E-state index in [2.05, 4.69) is 43.9 Å². The van der Waals surface area contributed by atoms with Crippen LogP contribution in [0.1, 0.15) is 18.1 Å². The molecule has 0 heterocycles. The third-order valence-corrected chi connectivity index (χ3v) is 2.93. The zero-order valence-electron chi connectivity index (χ0n) is 6.46. The average Bonchev–Trinajstić information content (AvgIpc) is 2.05. The quantitative estimate of drug-likeness (QED) is 0.571. The highest BCUT2D eigenvalue weighted by atomic mass is 31.1. The number of benzene rings is 1. The van der Waals surface area contributed by atoms with Crippen LogP contribution in [0.3, 0.4) is 0 Å². The molecule has 1 aromatic carbocycles. The molecule has 0 aliphatic heterocycles. The summed E-state index contributed by atoms with van der Waals surface area (Å²) in [5.41, 5.74) is 2.20. The minimum atomic E-state index is 0.737. The Morgan fingerprint density at radius 1 is 1.20 bits per heavy atom. The van der Waals surface area contributed by atoms with Gasteiger partial charge in [0.25, 0.3) is 0 Å². The van der Waals surface area contributed by atoms with Crippen LogP contribution in [0.5, 0.6) is 0 Å². The van der Waals surface area contributed by atoms with E-state index in [0.29, 0.717) is 0 Å². The van der Waals surface area contributed by atoms with Gasteiger partial charge in [-0.3, -0.25) is 0 Å². The first-order chi connectivity index (χ1) is 4.84. The summed E-state index contributed by atoms with van der Waals surface area (Å²) in [5, 5.41) is 0. The highest BCUT2D eigenvalue weighted by molar-refractivity contribution is 7.37. The summed E-state index contributed by atoms with van der Waals surface area (Å²) in [6, 6.07) is 10.7. The average molecular weight is 152 g/mol. The smallest absolute Gasteiger partial charge is 0.00167 e. The fourth-order valence-corrected chi connectivity index (χ4v) is 1.43. The summed E-state index contributed by atoms with van der Waals surface area (Å²) in [7, 11) is 1.01. The minimum Gasteiger partial charge on any atom is -0.118 e. The maximum Gasteiger partial charge on any atom is -0.00167 e. The normalized spacial score (nSPS) is 14.2. The molecule has 0 radical (unpaired) electrons. The summed E-state index contributed by atoms with van der Waals surface area (Å²) >= 11 is 0. The Kier molecular flexibility index (Phi) is 2.89. The predicted octanol–water partition coefficient (Wildman–Crippen LogP) is 3.06. The fraction of sp³-hybridized carbons (Fsp3) is 0.333. The van der Waals surface area contributed by atoms with E-state index < -0.39 is 0 Å². The van der Waals surface area contributed by atoms with Gasteiger partial charge in [-0.15, -0.1) is 8.58 Å². The summed E-state index contributed by atoms with van der Waals surface area (Å²) in [6.07, 6.45) is 0. The first kappa shape index (κ1) is 7.75. The van der Waals surface area contributed by atoms with Crippen molar-refractivity contribution >= 4 is 8.58 Å². The maximum atomic E-state index is 2.27. The van der Waals surface area contributed by atoms with Crippen LogP contribution >= 0.6 is 8.58 Å². The van der Waals surface area contributed by atoms with Gasteiger partial charge in [0, 0.05) is 0 Å². The van der Waals surface area contributed by atoms with Gasteiger partial charge in [-0.1, -0.05) is 37.3 Å². The molecule has 0 nitrogen and oxygen atoms in total. The molecule has 0 aliphatic rings. The summed E-state index contributed by atoms with van der Waals surface area (Å²) in [4.78, 5) is 0. The maximum absolute atomic E-state index is 2.27. The molecule has 0 bridgehead atoms. The van der Waals surface area contributed by atoms with E-state index in [1.807, 2.05) is 0 Å². The molecule has 0 aromatic heterocycles. The second-order valence-electron chi connectivity index (χ2n) is 2.42. The lowest BCUT2D eigenvalue weighted by Crippen LogP contribution is -1.82. The van der Waals surface area contributed by atoms with E-state index in [0.717, 1.165) is 14.2 Å². The van der Waals surface area contributed by atoms with Gasteiger partial charge in [-0.2, -0.15) is 0 Å². The van der Waals surface area contributed by atoms with E-state index in [1.165, 1.54) is 5.56 Å². The van der Waals surface area contributed by atoms with Crippen LogP contribution in [0.25, 0.3) is 0 Å². The van der Waals surface area contributed by atoms with Crippen molar-refractivity contribution in [1.82, 2.24) is 0 Å². The van der Waals surface area contributed by atoms with Crippen molar-refractivity contribution in [3.8, 4) is 0 Å². The lowest BCUT2D eigenvalue weighted by molar-refractivity contribution is 1.09. The Hall–Kier alpha value is -0.350. The molecule has 0 saturated heterocycles. The predicted molar refractivity (Wildman–Crippen MR) is 49.1 cm³/mol. The first-order valence-electron chi connectivity index (χ1n) is 3.57. The second kappa shape index (κ2) is 3.73. The van der Waals surface area contributed by atoms with Crippen LogP contribution < -0.4 is 0 Å². The van der Waals surface area contributed by atoms with Gasteiger partial charge in [-0.05, 0) is 17.9 Å². The summed E-state index contributed by atoms with van der Waals surface area (Å²) in [6.45, 7) is 4.52. The summed E-state index contributed by atoms with van der Waals surface area (Å²) in [5.74, 6) is 0. The van der Waals surface area contributed by atoms with Gasteiger partial charge >= 0.3 is 0 Å². The molecule has 0 saturated carbocycles. The Morgan fingerprint density at radius 2 is 1.80 bits per heavy atom. The Labute approximate surface area is 64.4 Å².